The Morgan fingerprint density at radius 2 is 1.74 bits per heavy atom. The van der Waals surface area contributed by atoms with Crippen LogP contribution < -0.4 is 9.46 Å². The van der Waals surface area contributed by atoms with E-state index in [9.17, 15) is 13.5 Å². The molecule has 0 aromatic heterocycles. The topological polar surface area (TPSA) is 88.0 Å². The number of nitrogens with one attached hydrogen (secondary N) is 1. The third-order valence-electron chi connectivity index (χ3n) is 3.77. The van der Waals surface area contributed by atoms with Gasteiger partial charge in [0.15, 0.2) is 0 Å². The summed E-state index contributed by atoms with van der Waals surface area (Å²) in [6, 6.07) is 19.7. The Morgan fingerprint density at radius 1 is 1.00 bits per heavy atom. The molecule has 0 saturated heterocycles. The highest BCUT2D eigenvalue weighted by Crippen LogP contribution is 2.27. The van der Waals surface area contributed by atoms with Crippen LogP contribution in [-0.4, -0.2) is 26.8 Å². The van der Waals surface area contributed by atoms with Crippen LogP contribution in [-0.2, 0) is 10.0 Å². The maximum atomic E-state index is 12.7. The zero-order valence-corrected chi connectivity index (χ0v) is 15.3. The number of aliphatic imine (C=N–C) groups is 1. The van der Waals surface area contributed by atoms with E-state index in [2.05, 4.69) is 9.71 Å². The summed E-state index contributed by atoms with van der Waals surface area (Å²) in [5.74, 6) is 0.526. The highest BCUT2D eigenvalue weighted by atomic mass is 32.2. The first-order chi connectivity index (χ1) is 13.0. The molecule has 0 atom stereocenters. The molecule has 6 nitrogen and oxygen atoms in total. The summed E-state index contributed by atoms with van der Waals surface area (Å²) in [5, 5.41) is 9.78. The molecule has 0 fully saturated rings. The summed E-state index contributed by atoms with van der Waals surface area (Å²) in [4.78, 5) is 4.32. The number of rotatable bonds is 6. The summed E-state index contributed by atoms with van der Waals surface area (Å²) < 4.78 is 33.1. The van der Waals surface area contributed by atoms with Gasteiger partial charge in [0.2, 0.25) is 0 Å². The highest BCUT2D eigenvalue weighted by molar-refractivity contribution is 7.92. The normalized spacial score (nSPS) is 11.4. The Balaban J connectivity index is 1.87. The van der Waals surface area contributed by atoms with Crippen molar-refractivity contribution in [2.24, 2.45) is 4.99 Å². The van der Waals surface area contributed by atoms with Gasteiger partial charge in [0, 0.05) is 11.8 Å². The van der Waals surface area contributed by atoms with Gasteiger partial charge in [-0.2, -0.15) is 0 Å². The minimum Gasteiger partial charge on any atom is -0.507 e. The third kappa shape index (κ3) is 4.45. The van der Waals surface area contributed by atoms with E-state index in [1.807, 2.05) is 0 Å². The first-order valence-electron chi connectivity index (χ1n) is 8.07. The van der Waals surface area contributed by atoms with Crippen LogP contribution in [0.1, 0.15) is 5.56 Å². The van der Waals surface area contributed by atoms with Gasteiger partial charge in [-0.25, -0.2) is 8.42 Å². The predicted octanol–water partition coefficient (Wildman–Crippen LogP) is 3.95. The van der Waals surface area contributed by atoms with Crippen LogP contribution in [0.5, 0.6) is 11.5 Å². The number of anilines is 1. The number of hydrogen-bond donors (Lipinski definition) is 2. The molecule has 0 aliphatic carbocycles. The van der Waals surface area contributed by atoms with Crippen LogP contribution in [0.2, 0.25) is 0 Å². The van der Waals surface area contributed by atoms with Crippen LogP contribution in [0.4, 0.5) is 11.4 Å². The lowest BCUT2D eigenvalue weighted by molar-refractivity contribution is 0.417. The maximum Gasteiger partial charge on any atom is 0.262 e. The maximum absolute atomic E-state index is 12.7. The molecule has 0 bridgehead atoms. The lowest BCUT2D eigenvalue weighted by Gasteiger charge is -2.11. The molecule has 0 radical (unpaired) electrons. The second-order valence-corrected chi connectivity index (χ2v) is 7.30. The van der Waals surface area contributed by atoms with Crippen LogP contribution >= 0.6 is 0 Å². The lowest BCUT2D eigenvalue weighted by Crippen LogP contribution is -2.13. The number of hydrogen-bond acceptors (Lipinski definition) is 5. The van der Waals surface area contributed by atoms with E-state index in [1.165, 1.54) is 25.5 Å². The average Bonchev–Trinajstić information content (AvgIpc) is 2.68. The van der Waals surface area contributed by atoms with Gasteiger partial charge in [-0.05, 0) is 42.5 Å². The number of benzene rings is 3. The van der Waals surface area contributed by atoms with Crippen LogP contribution in [0.3, 0.4) is 0 Å². The Morgan fingerprint density at radius 3 is 2.52 bits per heavy atom. The molecule has 27 heavy (non-hydrogen) atoms. The summed E-state index contributed by atoms with van der Waals surface area (Å²) in [5.41, 5.74) is 1.34. The summed E-state index contributed by atoms with van der Waals surface area (Å²) in [6.07, 6.45) is 1.48. The molecule has 0 spiro atoms. The van der Waals surface area contributed by atoms with Crippen molar-refractivity contribution in [2.45, 2.75) is 4.90 Å². The molecule has 3 aromatic carbocycles. The van der Waals surface area contributed by atoms with Crippen molar-refractivity contribution in [3.8, 4) is 11.5 Å². The second-order valence-electron chi connectivity index (χ2n) is 5.62. The van der Waals surface area contributed by atoms with E-state index < -0.39 is 10.0 Å². The Kier molecular flexibility index (Phi) is 5.42. The van der Waals surface area contributed by atoms with Gasteiger partial charge in [0.1, 0.15) is 11.5 Å². The molecule has 0 saturated carbocycles. The van der Waals surface area contributed by atoms with Gasteiger partial charge in [0.05, 0.1) is 23.4 Å². The van der Waals surface area contributed by atoms with Crippen molar-refractivity contribution in [3.05, 3.63) is 78.4 Å². The monoisotopic (exact) mass is 382 g/mol. The molecule has 7 heteroatoms. The quantitative estimate of drug-likeness (QED) is 0.632. The number of phenolic OH excluding ortho intramolecular Hbond substituents is 1. The second kappa shape index (κ2) is 7.92. The Bertz CT molecular complexity index is 1080. The van der Waals surface area contributed by atoms with Crippen molar-refractivity contribution < 1.29 is 18.3 Å². The smallest absolute Gasteiger partial charge is 0.262 e. The zero-order chi connectivity index (χ0) is 19.3. The van der Waals surface area contributed by atoms with E-state index >= 15 is 0 Å². The molecule has 3 rings (SSSR count). The minimum absolute atomic E-state index is 0.0698. The van der Waals surface area contributed by atoms with Gasteiger partial charge >= 0.3 is 0 Å². The molecule has 3 aromatic rings. The van der Waals surface area contributed by atoms with Gasteiger partial charge in [0.25, 0.3) is 10.0 Å². The SMILES string of the molecule is COc1ccccc1NS(=O)(=O)c1cccc(N=Cc2ccccc2O)c1. The Labute approximate surface area is 157 Å². The van der Waals surface area contributed by atoms with E-state index in [-0.39, 0.29) is 10.6 Å². The third-order valence-corrected chi connectivity index (χ3v) is 5.13. The number of phenols is 1. The summed E-state index contributed by atoms with van der Waals surface area (Å²) in [7, 11) is -2.34. The predicted molar refractivity (Wildman–Crippen MR) is 106 cm³/mol. The molecular formula is C20H18N2O4S. The highest BCUT2D eigenvalue weighted by Gasteiger charge is 2.16. The molecule has 0 amide bonds. The fourth-order valence-electron chi connectivity index (χ4n) is 2.40. The lowest BCUT2D eigenvalue weighted by atomic mass is 10.2. The largest absolute Gasteiger partial charge is 0.507 e. The van der Waals surface area contributed by atoms with E-state index in [1.54, 1.807) is 60.7 Å². The number of aromatic hydroxyl groups is 1. The number of sulfonamides is 1. The van der Waals surface area contributed by atoms with Gasteiger partial charge in [-0.3, -0.25) is 9.71 Å². The number of nitrogens with zero attached hydrogens (tertiary/aromatic N) is 1. The first kappa shape index (κ1) is 18.5. The van der Waals surface area contributed by atoms with Crippen LogP contribution in [0.25, 0.3) is 0 Å². The fourth-order valence-corrected chi connectivity index (χ4v) is 3.51. The van der Waals surface area contributed by atoms with Crippen LogP contribution in [0.15, 0.2) is 82.7 Å². The summed E-state index contributed by atoms with van der Waals surface area (Å²) in [6.45, 7) is 0. The van der Waals surface area contributed by atoms with E-state index in [0.29, 0.717) is 22.7 Å². The molecule has 2 N–H and O–H groups in total. The van der Waals surface area contributed by atoms with Crippen molar-refractivity contribution in [2.75, 3.05) is 11.8 Å². The van der Waals surface area contributed by atoms with Crippen molar-refractivity contribution in [1.82, 2.24) is 0 Å². The molecule has 0 aliphatic rings. The van der Waals surface area contributed by atoms with Crippen molar-refractivity contribution >= 4 is 27.6 Å². The van der Waals surface area contributed by atoms with Crippen LogP contribution in [0, 0.1) is 0 Å². The molecule has 0 unspecified atom stereocenters. The molecular weight excluding hydrogens is 364 g/mol. The fraction of sp³-hybridized carbons (Fsp3) is 0.0500. The average molecular weight is 382 g/mol. The molecule has 0 aliphatic heterocycles. The number of para-hydroxylation sites is 3. The standard InChI is InChI=1S/C20H18N2O4S/c1-26-20-12-5-3-10-18(20)22-27(24,25)17-9-6-8-16(13-17)21-14-15-7-2-4-11-19(15)23/h2-14,22-23H,1H3. The number of methoxy groups -OCH3 is 1. The minimum atomic E-state index is -3.81. The van der Waals surface area contributed by atoms with Crippen molar-refractivity contribution in [1.29, 1.82) is 0 Å². The Hall–Kier alpha value is -3.32. The molecule has 138 valence electrons. The van der Waals surface area contributed by atoms with Gasteiger partial charge in [-0.1, -0.05) is 30.3 Å². The van der Waals surface area contributed by atoms with E-state index in [0.717, 1.165) is 0 Å². The summed E-state index contributed by atoms with van der Waals surface area (Å²) >= 11 is 0. The van der Waals surface area contributed by atoms with Gasteiger partial charge in [-0.15, -0.1) is 0 Å². The number of ether oxygens (including phenoxy) is 1. The van der Waals surface area contributed by atoms with E-state index in [4.69, 9.17) is 4.74 Å². The van der Waals surface area contributed by atoms with Gasteiger partial charge < -0.3 is 9.84 Å². The molecule has 0 heterocycles. The zero-order valence-electron chi connectivity index (χ0n) is 14.5. The van der Waals surface area contributed by atoms with Crippen molar-refractivity contribution in [3.63, 3.8) is 0 Å². The first-order valence-corrected chi connectivity index (χ1v) is 9.56.